The van der Waals surface area contributed by atoms with Crippen LogP contribution >= 0.6 is 11.3 Å². The fourth-order valence-corrected chi connectivity index (χ4v) is 1.52. The van der Waals surface area contributed by atoms with Crippen LogP contribution in [0.5, 0.6) is 0 Å². The average Bonchev–Trinajstić information content (AvgIpc) is 2.86. The molecule has 0 saturated carbocycles. The highest BCUT2D eigenvalue weighted by atomic mass is 32.1. The van der Waals surface area contributed by atoms with Crippen molar-refractivity contribution < 1.29 is 24.2 Å². The van der Waals surface area contributed by atoms with Crippen molar-refractivity contribution >= 4 is 29.1 Å². The third-order valence-electron chi connectivity index (χ3n) is 1.87. The second-order valence-electron chi connectivity index (χ2n) is 3.27. The van der Waals surface area contributed by atoms with Crippen LogP contribution in [0.15, 0.2) is 17.5 Å². The predicted molar refractivity (Wildman–Crippen MR) is 63.0 cm³/mol. The summed E-state index contributed by atoms with van der Waals surface area (Å²) in [5.41, 5.74) is 4.30. The lowest BCUT2D eigenvalue weighted by atomic mass is 10.4. The quantitative estimate of drug-likeness (QED) is 0.654. The van der Waals surface area contributed by atoms with Gasteiger partial charge in [0.1, 0.15) is 6.61 Å². The third kappa shape index (κ3) is 4.52. The summed E-state index contributed by atoms with van der Waals surface area (Å²) in [4.78, 5) is 33.5. The van der Waals surface area contributed by atoms with E-state index in [-0.39, 0.29) is 0 Å². The molecule has 0 fully saturated rings. The van der Waals surface area contributed by atoms with Crippen LogP contribution in [0.4, 0.5) is 0 Å². The van der Waals surface area contributed by atoms with Gasteiger partial charge >= 0.3 is 5.97 Å². The van der Waals surface area contributed by atoms with Crippen molar-refractivity contribution in [3.8, 4) is 0 Å². The Morgan fingerprint density at radius 3 is 2.72 bits per heavy atom. The van der Waals surface area contributed by atoms with Crippen LogP contribution < -0.4 is 10.9 Å². The van der Waals surface area contributed by atoms with E-state index >= 15 is 0 Å². The molecule has 8 heteroatoms. The number of rotatable bonds is 5. The fourth-order valence-electron chi connectivity index (χ4n) is 0.904. The first kappa shape index (κ1) is 14.1. The van der Waals surface area contributed by atoms with Crippen molar-refractivity contribution in [3.63, 3.8) is 0 Å². The maximum atomic E-state index is 11.4. The van der Waals surface area contributed by atoms with E-state index in [1.807, 2.05) is 0 Å². The first-order chi connectivity index (χ1) is 8.50. The van der Waals surface area contributed by atoms with Crippen LogP contribution in [0.3, 0.4) is 0 Å². The minimum absolute atomic E-state index is 0.440. The molecule has 1 rings (SSSR count). The van der Waals surface area contributed by atoms with Crippen molar-refractivity contribution in [2.75, 3.05) is 6.61 Å². The summed E-state index contributed by atoms with van der Waals surface area (Å²) in [6.07, 6.45) is -1.08. The maximum absolute atomic E-state index is 11.4. The largest absolute Gasteiger partial charge is 0.479 e. The average molecular weight is 272 g/mol. The summed E-state index contributed by atoms with van der Waals surface area (Å²) >= 11 is 1.23. The van der Waals surface area contributed by atoms with Crippen molar-refractivity contribution in [1.29, 1.82) is 0 Å². The van der Waals surface area contributed by atoms with Gasteiger partial charge in [0.2, 0.25) is 0 Å². The molecule has 1 aromatic rings. The van der Waals surface area contributed by atoms with Crippen molar-refractivity contribution in [2.45, 2.75) is 13.0 Å². The van der Waals surface area contributed by atoms with Gasteiger partial charge in [0.25, 0.3) is 11.8 Å². The Morgan fingerprint density at radius 1 is 1.44 bits per heavy atom. The smallest absolute Gasteiger partial charge is 0.332 e. The van der Waals surface area contributed by atoms with Crippen molar-refractivity contribution in [1.82, 2.24) is 10.9 Å². The Hall–Kier alpha value is -1.93. The molecular formula is C10H12N2O5S. The molecule has 1 heterocycles. The molecule has 0 radical (unpaired) electrons. The van der Waals surface area contributed by atoms with Gasteiger partial charge in [-0.25, -0.2) is 4.79 Å². The summed E-state index contributed by atoms with van der Waals surface area (Å²) in [5, 5.41) is 10.2. The van der Waals surface area contributed by atoms with Gasteiger partial charge in [0.05, 0.1) is 4.88 Å². The van der Waals surface area contributed by atoms with Crippen LogP contribution in [0.2, 0.25) is 0 Å². The molecule has 18 heavy (non-hydrogen) atoms. The number of carbonyl (C=O) groups is 3. The first-order valence-corrected chi connectivity index (χ1v) is 5.85. The third-order valence-corrected chi connectivity index (χ3v) is 2.74. The number of carbonyl (C=O) groups excluding carboxylic acids is 2. The minimum atomic E-state index is -1.16. The Balaban J connectivity index is 2.25. The molecule has 0 spiro atoms. The number of hydrogen-bond acceptors (Lipinski definition) is 5. The van der Waals surface area contributed by atoms with E-state index in [0.29, 0.717) is 4.88 Å². The topological polar surface area (TPSA) is 105 Å². The van der Waals surface area contributed by atoms with Gasteiger partial charge in [-0.15, -0.1) is 11.3 Å². The molecule has 0 aliphatic heterocycles. The maximum Gasteiger partial charge on any atom is 0.332 e. The molecule has 0 bridgehead atoms. The number of aliphatic carboxylic acids is 1. The highest BCUT2D eigenvalue weighted by Gasteiger charge is 2.13. The molecule has 7 nitrogen and oxygen atoms in total. The minimum Gasteiger partial charge on any atom is -0.479 e. The highest BCUT2D eigenvalue weighted by Crippen LogP contribution is 2.06. The molecule has 0 aromatic carbocycles. The molecule has 3 N–H and O–H groups in total. The number of carboxylic acids is 1. The van der Waals surface area contributed by atoms with Crippen LogP contribution in [0.1, 0.15) is 16.6 Å². The van der Waals surface area contributed by atoms with Crippen molar-refractivity contribution in [3.05, 3.63) is 22.4 Å². The van der Waals surface area contributed by atoms with Crippen LogP contribution in [0, 0.1) is 0 Å². The van der Waals surface area contributed by atoms with Crippen LogP contribution in [-0.2, 0) is 14.3 Å². The summed E-state index contributed by atoms with van der Waals surface area (Å²) in [6, 6.07) is 3.31. The molecule has 2 amide bonds. The van der Waals surface area contributed by atoms with Gasteiger partial charge in [-0.3, -0.25) is 20.4 Å². The number of ether oxygens (including phenoxy) is 1. The SMILES string of the molecule is C[C@@H](OCC(=O)NNC(=O)c1cccs1)C(=O)O. The van der Waals surface area contributed by atoms with E-state index in [0.717, 1.165) is 0 Å². The second-order valence-corrected chi connectivity index (χ2v) is 4.22. The van der Waals surface area contributed by atoms with E-state index < -0.39 is 30.5 Å². The summed E-state index contributed by atoms with van der Waals surface area (Å²) in [7, 11) is 0. The monoisotopic (exact) mass is 272 g/mol. The Kier molecular flexibility index (Phi) is 5.28. The van der Waals surface area contributed by atoms with Gasteiger partial charge in [-0.2, -0.15) is 0 Å². The van der Waals surface area contributed by atoms with Crippen LogP contribution in [-0.4, -0.2) is 35.6 Å². The number of carboxylic acid groups (broad SMARTS) is 1. The second kappa shape index (κ2) is 6.72. The Labute approximate surface area is 107 Å². The highest BCUT2D eigenvalue weighted by molar-refractivity contribution is 7.12. The lowest BCUT2D eigenvalue weighted by Crippen LogP contribution is -2.43. The number of amides is 2. The number of hydrazine groups is 1. The van der Waals surface area contributed by atoms with Gasteiger partial charge < -0.3 is 9.84 Å². The summed E-state index contributed by atoms with van der Waals surface area (Å²) < 4.78 is 4.73. The Bertz CT molecular complexity index is 431. The number of hydrogen-bond donors (Lipinski definition) is 3. The molecule has 0 unspecified atom stereocenters. The molecule has 98 valence electrons. The first-order valence-electron chi connectivity index (χ1n) is 4.98. The predicted octanol–water partition coefficient (Wildman–Crippen LogP) is -0.00120. The summed E-state index contributed by atoms with van der Waals surface area (Å²) in [5.74, 6) is -2.23. The molecule has 1 aromatic heterocycles. The van der Waals surface area contributed by atoms with Gasteiger partial charge in [-0.05, 0) is 18.4 Å². The zero-order chi connectivity index (χ0) is 13.5. The lowest BCUT2D eigenvalue weighted by molar-refractivity contribution is -0.150. The molecule has 1 atom stereocenters. The van der Waals surface area contributed by atoms with Gasteiger partial charge in [0, 0.05) is 0 Å². The zero-order valence-corrected chi connectivity index (χ0v) is 10.3. The lowest BCUT2D eigenvalue weighted by Gasteiger charge is -2.09. The molecule has 0 saturated heterocycles. The van der Waals surface area contributed by atoms with Crippen molar-refractivity contribution in [2.24, 2.45) is 0 Å². The molecular weight excluding hydrogens is 260 g/mol. The normalized spacial score (nSPS) is 11.6. The van der Waals surface area contributed by atoms with Gasteiger partial charge in [-0.1, -0.05) is 6.07 Å². The van der Waals surface area contributed by atoms with E-state index in [9.17, 15) is 14.4 Å². The molecule has 0 aliphatic carbocycles. The fraction of sp³-hybridized carbons (Fsp3) is 0.300. The Morgan fingerprint density at radius 2 is 2.17 bits per heavy atom. The van der Waals surface area contributed by atoms with Crippen LogP contribution in [0.25, 0.3) is 0 Å². The summed E-state index contributed by atoms with van der Waals surface area (Å²) in [6.45, 7) is 0.859. The number of thiophene rings is 1. The van der Waals surface area contributed by atoms with E-state index in [4.69, 9.17) is 9.84 Å². The zero-order valence-electron chi connectivity index (χ0n) is 9.50. The molecule has 0 aliphatic rings. The van der Waals surface area contributed by atoms with E-state index in [2.05, 4.69) is 10.9 Å². The van der Waals surface area contributed by atoms with Gasteiger partial charge in [0.15, 0.2) is 6.10 Å². The van der Waals surface area contributed by atoms with E-state index in [1.54, 1.807) is 17.5 Å². The number of nitrogens with one attached hydrogen (secondary N) is 2. The standard InChI is InChI=1S/C10H12N2O5S/c1-6(10(15)16)17-5-8(13)11-12-9(14)7-3-2-4-18-7/h2-4,6H,5H2,1H3,(H,11,13)(H,12,14)(H,15,16)/t6-/m1/s1. The van der Waals surface area contributed by atoms with E-state index in [1.165, 1.54) is 18.3 Å².